The Bertz CT molecular complexity index is 2700. The van der Waals surface area contributed by atoms with Gasteiger partial charge in [-0.3, -0.25) is 4.99 Å². The zero-order valence-electron chi connectivity index (χ0n) is 29.3. The molecule has 7 aromatic carbocycles. The molecule has 4 nitrogen and oxygen atoms in total. The van der Waals surface area contributed by atoms with Crippen LogP contribution in [0.15, 0.2) is 160 Å². The average Bonchev–Trinajstić information content (AvgIpc) is 3.62. The highest BCUT2D eigenvalue weighted by molar-refractivity contribution is 6.68. The number of furan rings is 1. The predicted molar refractivity (Wildman–Crippen MR) is 231 cm³/mol. The third kappa shape index (κ3) is 6.51. The van der Waals surface area contributed by atoms with Gasteiger partial charge in [-0.1, -0.05) is 144 Å². The summed E-state index contributed by atoms with van der Waals surface area (Å²) in [4.78, 5) is 9.83. The first-order valence-corrected chi connectivity index (χ1v) is 17.4. The van der Waals surface area contributed by atoms with E-state index in [9.17, 15) is 0 Å². The topological polar surface area (TPSA) is 63.9 Å². The number of benzene rings is 7. The third-order valence-electron chi connectivity index (χ3n) is 9.74. The molecular formula is C45H28B5N3O. The second-order valence-corrected chi connectivity index (χ2v) is 13.0. The molecule has 0 unspecified atom stereocenters. The number of hydrogen-bond acceptors (Lipinski definition) is 2. The van der Waals surface area contributed by atoms with Crippen LogP contribution in [0.4, 0.5) is 0 Å². The first kappa shape index (κ1) is 34.9. The van der Waals surface area contributed by atoms with Crippen LogP contribution in [0.1, 0.15) is 16.7 Å². The summed E-state index contributed by atoms with van der Waals surface area (Å²) in [5.41, 5.74) is 17.6. The maximum Gasteiger partial charge on any atom is 0.157 e. The van der Waals surface area contributed by atoms with Crippen molar-refractivity contribution in [3.8, 4) is 33.4 Å². The van der Waals surface area contributed by atoms with Crippen LogP contribution in [0.2, 0.25) is 0 Å². The molecule has 0 atom stereocenters. The van der Waals surface area contributed by atoms with Crippen molar-refractivity contribution in [3.05, 3.63) is 162 Å². The standard InChI is InChI=1S/C45H28B5N3O/c46-39-37(40(47)42(49)43(50)41(39)48)29-23-19-27(20-24-29)26-17-21-28(22-18-26)33-14-8-16-35-38(33)36-32(13-7-15-34(36)54-35)25-52-45(31-11-5-2-6-12-31)53-44(51)30-9-3-1-4-10-30/h1-24H,25H2,(H2,51,52,53). The Labute approximate surface area is 321 Å². The van der Waals surface area contributed by atoms with Crippen LogP contribution in [-0.2, 0) is 6.54 Å². The fraction of sp³-hybridized carbons (Fsp3) is 0.0222. The van der Waals surface area contributed by atoms with Crippen molar-refractivity contribution in [2.45, 2.75) is 6.54 Å². The molecule has 0 spiro atoms. The van der Waals surface area contributed by atoms with Crippen molar-refractivity contribution in [3.63, 3.8) is 0 Å². The Kier molecular flexibility index (Phi) is 9.47. The zero-order chi connectivity index (χ0) is 37.3. The molecule has 1 heterocycles. The number of aliphatic imine (C=N–C) groups is 2. The van der Waals surface area contributed by atoms with E-state index in [-0.39, 0.29) is 16.4 Å². The molecule has 0 saturated carbocycles. The van der Waals surface area contributed by atoms with E-state index >= 15 is 0 Å². The third-order valence-corrected chi connectivity index (χ3v) is 9.74. The van der Waals surface area contributed by atoms with Crippen molar-refractivity contribution in [2.75, 3.05) is 0 Å². The molecule has 9 heteroatoms. The molecule has 2 N–H and O–H groups in total. The Balaban J connectivity index is 1.14. The molecule has 8 rings (SSSR count). The second kappa shape index (κ2) is 14.7. The lowest BCUT2D eigenvalue weighted by Crippen LogP contribution is -2.55. The SMILES string of the molecule is [B]c1c([B])c([B])c(-c2ccc(-c3ccc(-c4cccc5oc6cccc(CN=C(N=C(N)c7ccccc7)c7ccccc7)c6c45)cc3)cc2)c([B])c1[B]. The van der Waals surface area contributed by atoms with Crippen LogP contribution in [0, 0.1) is 0 Å². The quantitative estimate of drug-likeness (QED) is 0.148. The Hall–Kier alpha value is -6.20. The minimum atomic E-state index is 0.196. The average molecular weight is 681 g/mol. The second-order valence-electron chi connectivity index (χ2n) is 13.0. The molecule has 0 fully saturated rings. The summed E-state index contributed by atoms with van der Waals surface area (Å²) in [5, 5.41) is 2.04. The van der Waals surface area contributed by atoms with Crippen LogP contribution >= 0.6 is 0 Å². The molecule has 0 bridgehead atoms. The molecule has 244 valence electrons. The van der Waals surface area contributed by atoms with Gasteiger partial charge in [0.25, 0.3) is 0 Å². The molecule has 0 aliphatic heterocycles. The molecule has 0 aliphatic carbocycles. The van der Waals surface area contributed by atoms with Crippen molar-refractivity contribution in [1.29, 1.82) is 0 Å². The lowest BCUT2D eigenvalue weighted by molar-refractivity contribution is 0.668. The summed E-state index contributed by atoms with van der Waals surface area (Å²) < 4.78 is 6.41. The van der Waals surface area contributed by atoms with Gasteiger partial charge in [0.2, 0.25) is 0 Å². The van der Waals surface area contributed by atoms with E-state index in [0.717, 1.165) is 66.4 Å². The van der Waals surface area contributed by atoms with Gasteiger partial charge in [-0.25, -0.2) is 4.99 Å². The number of nitrogens with zero attached hydrogens (tertiary/aromatic N) is 2. The summed E-state index contributed by atoms with van der Waals surface area (Å²) in [7, 11) is 30.8. The van der Waals surface area contributed by atoms with Crippen molar-refractivity contribution in [2.24, 2.45) is 15.7 Å². The van der Waals surface area contributed by atoms with Gasteiger partial charge in [-0.05, 0) is 51.1 Å². The maximum absolute atomic E-state index is 6.47. The monoisotopic (exact) mass is 681 g/mol. The number of nitrogens with two attached hydrogens (primary N) is 1. The van der Waals surface area contributed by atoms with Crippen LogP contribution in [0.5, 0.6) is 0 Å². The van der Waals surface area contributed by atoms with Crippen LogP contribution in [-0.4, -0.2) is 50.9 Å². The lowest BCUT2D eigenvalue weighted by atomic mass is 9.59. The van der Waals surface area contributed by atoms with E-state index in [1.165, 1.54) is 0 Å². The van der Waals surface area contributed by atoms with E-state index in [1.807, 2.05) is 109 Å². The molecule has 8 aromatic rings. The summed E-state index contributed by atoms with van der Waals surface area (Å²) in [6, 6.07) is 48.2. The normalized spacial score (nSPS) is 12.1. The van der Waals surface area contributed by atoms with E-state index in [1.54, 1.807) is 0 Å². The van der Waals surface area contributed by atoms with Crippen LogP contribution in [0.3, 0.4) is 0 Å². The van der Waals surface area contributed by atoms with Gasteiger partial charge in [0.15, 0.2) is 5.84 Å². The van der Waals surface area contributed by atoms with E-state index in [0.29, 0.717) is 34.7 Å². The highest BCUT2D eigenvalue weighted by Crippen LogP contribution is 2.39. The minimum absolute atomic E-state index is 0.196. The fourth-order valence-corrected chi connectivity index (χ4v) is 6.87. The molecule has 10 radical (unpaired) electrons. The van der Waals surface area contributed by atoms with Gasteiger partial charge in [0, 0.05) is 21.9 Å². The van der Waals surface area contributed by atoms with E-state index < -0.39 is 0 Å². The van der Waals surface area contributed by atoms with Gasteiger partial charge in [-0.15, -0.1) is 16.4 Å². The summed E-state index contributed by atoms with van der Waals surface area (Å²) >= 11 is 0. The van der Waals surface area contributed by atoms with Crippen LogP contribution < -0.4 is 33.0 Å². The van der Waals surface area contributed by atoms with E-state index in [2.05, 4.69) is 36.4 Å². The number of rotatable bonds is 7. The number of amidine groups is 2. The maximum atomic E-state index is 6.47. The Morgan fingerprint density at radius 2 is 0.981 bits per heavy atom. The smallest absolute Gasteiger partial charge is 0.157 e. The minimum Gasteiger partial charge on any atom is -0.456 e. The molecule has 1 aromatic heterocycles. The highest BCUT2D eigenvalue weighted by Gasteiger charge is 2.17. The number of hydrogen-bond donors (Lipinski definition) is 1. The Morgan fingerprint density at radius 1 is 0.481 bits per heavy atom. The van der Waals surface area contributed by atoms with Gasteiger partial charge in [0.1, 0.15) is 56.2 Å². The fourth-order valence-electron chi connectivity index (χ4n) is 6.87. The van der Waals surface area contributed by atoms with E-state index in [4.69, 9.17) is 59.4 Å². The predicted octanol–water partition coefficient (Wildman–Crippen LogP) is 4.91. The molecule has 0 saturated heterocycles. The van der Waals surface area contributed by atoms with Crippen LogP contribution in [0.25, 0.3) is 55.3 Å². The van der Waals surface area contributed by atoms with Gasteiger partial charge < -0.3 is 10.2 Å². The van der Waals surface area contributed by atoms with Crippen molar-refractivity contribution < 1.29 is 4.42 Å². The van der Waals surface area contributed by atoms with Crippen molar-refractivity contribution >= 4 is 100 Å². The zero-order valence-corrected chi connectivity index (χ0v) is 29.3. The Morgan fingerprint density at radius 3 is 1.59 bits per heavy atom. The highest BCUT2D eigenvalue weighted by atomic mass is 16.3. The molecule has 0 aliphatic rings. The largest absolute Gasteiger partial charge is 0.456 e. The summed E-state index contributed by atoms with van der Waals surface area (Å²) in [6.07, 6.45) is 0. The lowest BCUT2D eigenvalue weighted by Gasteiger charge is -2.21. The first-order chi connectivity index (χ1) is 26.3. The van der Waals surface area contributed by atoms with Gasteiger partial charge in [-0.2, -0.15) is 0 Å². The number of fused-ring (bicyclic) bond motifs is 3. The van der Waals surface area contributed by atoms with Crippen molar-refractivity contribution in [1.82, 2.24) is 0 Å². The first-order valence-electron chi connectivity index (χ1n) is 17.4. The summed E-state index contributed by atoms with van der Waals surface area (Å²) in [6.45, 7) is 0.373. The molecular weight excluding hydrogens is 653 g/mol. The molecule has 0 amide bonds. The van der Waals surface area contributed by atoms with Gasteiger partial charge in [0.05, 0.1) is 6.54 Å². The summed E-state index contributed by atoms with van der Waals surface area (Å²) in [5.74, 6) is 0.956. The molecule has 54 heavy (non-hydrogen) atoms. The van der Waals surface area contributed by atoms with Gasteiger partial charge >= 0.3 is 0 Å².